The van der Waals surface area contributed by atoms with E-state index >= 15 is 0 Å². The van der Waals surface area contributed by atoms with Crippen LogP contribution >= 0.6 is 11.6 Å². The average molecular weight is 381 g/mol. The van der Waals surface area contributed by atoms with Gasteiger partial charge in [0, 0.05) is 26.2 Å². The largest absolute Gasteiger partial charge is 0.489 e. The Kier molecular flexibility index (Phi) is 6.84. The minimum absolute atomic E-state index is 0.175. The normalized spacial score (nSPS) is 22.5. The van der Waals surface area contributed by atoms with E-state index in [-0.39, 0.29) is 6.10 Å². The zero-order valence-corrected chi connectivity index (χ0v) is 17.0. The van der Waals surface area contributed by atoms with Crippen LogP contribution in [-0.2, 0) is 6.54 Å². The summed E-state index contributed by atoms with van der Waals surface area (Å²) in [5.41, 5.74) is 0.698. The summed E-state index contributed by atoms with van der Waals surface area (Å²) in [7, 11) is 0. The maximum absolute atomic E-state index is 10.9. The van der Waals surface area contributed by atoms with E-state index in [1.807, 2.05) is 12.1 Å². The first-order valence-electron chi connectivity index (χ1n) is 10.1. The number of β-amino-alcohol motifs (C(OH)–C–C–N with tert-alkyl or cyclic N) is 1. The zero-order valence-electron chi connectivity index (χ0n) is 16.2. The Bertz CT molecular complexity index is 581. The number of hydrogen-bond donors (Lipinski definition) is 1. The Morgan fingerprint density at radius 1 is 1.15 bits per heavy atom. The van der Waals surface area contributed by atoms with E-state index in [0.717, 1.165) is 64.3 Å². The van der Waals surface area contributed by atoms with Crippen LogP contribution in [0, 0.1) is 0 Å². The van der Waals surface area contributed by atoms with Gasteiger partial charge in [-0.1, -0.05) is 24.6 Å². The van der Waals surface area contributed by atoms with Gasteiger partial charge in [-0.2, -0.15) is 0 Å². The lowest BCUT2D eigenvalue weighted by Crippen LogP contribution is -2.50. The Balaban J connectivity index is 1.50. The molecule has 1 atom stereocenters. The molecule has 0 radical (unpaired) electrons. The highest BCUT2D eigenvalue weighted by atomic mass is 35.5. The van der Waals surface area contributed by atoms with Gasteiger partial charge in [0.25, 0.3) is 0 Å². The van der Waals surface area contributed by atoms with Crippen LogP contribution in [0.15, 0.2) is 18.2 Å². The number of hydrogen-bond acceptors (Lipinski definition) is 4. The summed E-state index contributed by atoms with van der Waals surface area (Å²) in [5.74, 6) is 0.767. The van der Waals surface area contributed by atoms with E-state index < -0.39 is 5.60 Å². The summed E-state index contributed by atoms with van der Waals surface area (Å²) in [6.07, 6.45) is 5.40. The van der Waals surface area contributed by atoms with Crippen LogP contribution in [0.2, 0.25) is 5.02 Å². The predicted octanol–water partition coefficient (Wildman–Crippen LogP) is 3.94. The molecular formula is C21H33ClN2O2. The topological polar surface area (TPSA) is 35.9 Å². The van der Waals surface area contributed by atoms with Crippen molar-refractivity contribution in [1.29, 1.82) is 0 Å². The Hall–Kier alpha value is -0.810. The smallest absolute Gasteiger partial charge is 0.138 e. The van der Waals surface area contributed by atoms with Crippen LogP contribution < -0.4 is 4.74 Å². The Morgan fingerprint density at radius 3 is 2.46 bits per heavy atom. The van der Waals surface area contributed by atoms with Gasteiger partial charge in [-0.25, -0.2) is 0 Å². The van der Waals surface area contributed by atoms with Crippen molar-refractivity contribution in [1.82, 2.24) is 9.80 Å². The molecule has 2 saturated heterocycles. The van der Waals surface area contributed by atoms with E-state index in [1.165, 1.54) is 18.4 Å². The SMILES string of the molecule is CC[C@@H](C)Oc1ccc(CN2CCC(O)(CN3CCCC3)CC2)cc1Cl. The van der Waals surface area contributed by atoms with Gasteiger partial charge >= 0.3 is 0 Å². The van der Waals surface area contributed by atoms with Gasteiger partial charge in [0.2, 0.25) is 0 Å². The molecule has 0 aromatic heterocycles. The Labute approximate surface area is 163 Å². The minimum atomic E-state index is -0.507. The molecule has 0 saturated carbocycles. The zero-order chi connectivity index (χ0) is 18.6. The van der Waals surface area contributed by atoms with E-state index in [4.69, 9.17) is 16.3 Å². The summed E-state index contributed by atoms with van der Waals surface area (Å²) >= 11 is 6.40. The second kappa shape index (κ2) is 8.92. The fraction of sp³-hybridized carbons (Fsp3) is 0.714. The number of benzene rings is 1. The third kappa shape index (κ3) is 5.35. The van der Waals surface area contributed by atoms with E-state index in [9.17, 15) is 5.11 Å². The molecule has 4 nitrogen and oxygen atoms in total. The van der Waals surface area contributed by atoms with Crippen LogP contribution in [0.1, 0.15) is 51.5 Å². The van der Waals surface area contributed by atoms with Crippen LogP contribution in [0.4, 0.5) is 0 Å². The lowest BCUT2D eigenvalue weighted by molar-refractivity contribution is -0.0430. The molecule has 1 aromatic rings. The van der Waals surface area contributed by atoms with Crippen LogP contribution in [0.5, 0.6) is 5.75 Å². The highest BCUT2D eigenvalue weighted by Crippen LogP contribution is 2.29. The van der Waals surface area contributed by atoms with Crippen LogP contribution in [0.3, 0.4) is 0 Å². The molecule has 1 aromatic carbocycles. The maximum Gasteiger partial charge on any atom is 0.138 e. The number of ether oxygens (including phenoxy) is 1. The first-order chi connectivity index (χ1) is 12.5. The lowest BCUT2D eigenvalue weighted by Gasteiger charge is -2.40. The molecule has 2 heterocycles. The third-order valence-electron chi connectivity index (χ3n) is 5.81. The van der Waals surface area contributed by atoms with Gasteiger partial charge in [-0.05, 0) is 69.8 Å². The standard InChI is InChI=1S/C21H33ClN2O2/c1-3-17(2)26-20-7-6-18(14-19(20)22)15-23-12-8-21(25,9-13-23)16-24-10-4-5-11-24/h6-7,14,17,25H,3-5,8-13,15-16H2,1-2H3/t17-/m1/s1. The number of halogens is 1. The van der Waals surface area contributed by atoms with Crippen molar-refractivity contribution in [2.24, 2.45) is 0 Å². The number of piperidine rings is 1. The van der Waals surface area contributed by atoms with Gasteiger partial charge < -0.3 is 14.7 Å². The van der Waals surface area contributed by atoms with Crippen molar-refractivity contribution >= 4 is 11.6 Å². The summed E-state index contributed by atoms with van der Waals surface area (Å²) in [6, 6.07) is 6.11. The molecule has 5 heteroatoms. The molecule has 26 heavy (non-hydrogen) atoms. The number of nitrogens with zero attached hydrogens (tertiary/aromatic N) is 2. The van der Waals surface area contributed by atoms with Gasteiger partial charge in [-0.3, -0.25) is 4.90 Å². The number of likely N-dealkylation sites (tertiary alicyclic amines) is 2. The number of aliphatic hydroxyl groups is 1. The summed E-state index contributed by atoms with van der Waals surface area (Å²) in [5, 5.41) is 11.6. The summed E-state index contributed by atoms with van der Waals surface area (Å²) < 4.78 is 5.85. The molecule has 0 bridgehead atoms. The second-order valence-electron chi connectivity index (χ2n) is 8.09. The fourth-order valence-electron chi connectivity index (χ4n) is 3.94. The summed E-state index contributed by atoms with van der Waals surface area (Å²) in [6.45, 7) is 10.1. The molecule has 146 valence electrons. The molecule has 1 N–H and O–H groups in total. The minimum Gasteiger partial charge on any atom is -0.489 e. The molecular weight excluding hydrogens is 348 g/mol. The first-order valence-corrected chi connectivity index (χ1v) is 10.5. The monoisotopic (exact) mass is 380 g/mol. The fourth-order valence-corrected chi connectivity index (χ4v) is 4.19. The van der Waals surface area contributed by atoms with Crippen molar-refractivity contribution in [2.75, 3.05) is 32.7 Å². The molecule has 0 aliphatic carbocycles. The first kappa shape index (κ1) is 19.9. The van der Waals surface area contributed by atoms with Crippen molar-refractivity contribution in [3.8, 4) is 5.75 Å². The van der Waals surface area contributed by atoms with Crippen molar-refractivity contribution in [3.05, 3.63) is 28.8 Å². The van der Waals surface area contributed by atoms with Crippen LogP contribution in [0.25, 0.3) is 0 Å². The molecule has 3 rings (SSSR count). The molecule has 0 amide bonds. The van der Waals surface area contributed by atoms with Gasteiger partial charge in [-0.15, -0.1) is 0 Å². The van der Waals surface area contributed by atoms with E-state index in [0.29, 0.717) is 5.02 Å². The number of rotatable bonds is 7. The Morgan fingerprint density at radius 2 is 1.85 bits per heavy atom. The summed E-state index contributed by atoms with van der Waals surface area (Å²) in [4.78, 5) is 4.84. The van der Waals surface area contributed by atoms with Gasteiger partial charge in [0.05, 0.1) is 16.7 Å². The maximum atomic E-state index is 10.9. The average Bonchev–Trinajstić information content (AvgIpc) is 3.12. The van der Waals surface area contributed by atoms with Gasteiger partial charge in [0.1, 0.15) is 5.75 Å². The van der Waals surface area contributed by atoms with Gasteiger partial charge in [0.15, 0.2) is 0 Å². The van der Waals surface area contributed by atoms with E-state index in [2.05, 4.69) is 29.7 Å². The second-order valence-corrected chi connectivity index (χ2v) is 8.49. The van der Waals surface area contributed by atoms with Crippen molar-refractivity contribution < 1.29 is 9.84 Å². The quantitative estimate of drug-likeness (QED) is 0.777. The van der Waals surface area contributed by atoms with Crippen molar-refractivity contribution in [2.45, 2.75) is 64.2 Å². The molecule has 0 unspecified atom stereocenters. The molecule has 2 fully saturated rings. The molecule has 2 aliphatic rings. The molecule has 0 spiro atoms. The molecule has 2 aliphatic heterocycles. The lowest BCUT2D eigenvalue weighted by atomic mass is 9.90. The highest BCUT2D eigenvalue weighted by Gasteiger charge is 2.34. The van der Waals surface area contributed by atoms with Crippen molar-refractivity contribution in [3.63, 3.8) is 0 Å². The van der Waals surface area contributed by atoms with E-state index in [1.54, 1.807) is 0 Å². The van der Waals surface area contributed by atoms with Crippen LogP contribution in [-0.4, -0.2) is 59.3 Å². The predicted molar refractivity (Wildman–Crippen MR) is 107 cm³/mol. The third-order valence-corrected chi connectivity index (χ3v) is 6.10. The highest BCUT2D eigenvalue weighted by molar-refractivity contribution is 6.32.